The fourth-order valence-corrected chi connectivity index (χ4v) is 3.34. The van der Waals surface area contributed by atoms with Crippen LogP contribution in [0.1, 0.15) is 18.9 Å². The van der Waals surface area contributed by atoms with Crippen LogP contribution in [-0.2, 0) is 16.2 Å². The third-order valence-electron chi connectivity index (χ3n) is 3.05. The van der Waals surface area contributed by atoms with Crippen molar-refractivity contribution in [2.75, 3.05) is 13.6 Å². The molecule has 8 heteroatoms. The normalized spacial score (nSPS) is 14.6. The molecule has 0 aliphatic carbocycles. The van der Waals surface area contributed by atoms with Gasteiger partial charge >= 0.3 is 6.18 Å². The van der Waals surface area contributed by atoms with Crippen molar-refractivity contribution in [3.63, 3.8) is 0 Å². The van der Waals surface area contributed by atoms with Crippen LogP contribution in [0.2, 0.25) is 0 Å². The number of alkyl halides is 3. The maximum absolute atomic E-state index is 12.9. The number of nitrogens with two attached hydrogens (primary N) is 1. The second-order valence-corrected chi connectivity index (χ2v) is 6.41. The van der Waals surface area contributed by atoms with Crippen LogP contribution in [-0.4, -0.2) is 32.4 Å². The molecule has 0 saturated carbocycles. The zero-order chi connectivity index (χ0) is 15.6. The Bertz CT molecular complexity index is 558. The predicted octanol–water partition coefficient (Wildman–Crippen LogP) is 2.06. The maximum Gasteiger partial charge on any atom is 0.417 e. The van der Waals surface area contributed by atoms with Crippen molar-refractivity contribution >= 4 is 10.0 Å². The molecule has 20 heavy (non-hydrogen) atoms. The largest absolute Gasteiger partial charge is 0.417 e. The third kappa shape index (κ3) is 3.50. The average molecular weight is 310 g/mol. The fraction of sp³-hybridized carbons (Fsp3) is 0.500. The second kappa shape index (κ2) is 6.11. The zero-order valence-corrected chi connectivity index (χ0v) is 12.0. The lowest BCUT2D eigenvalue weighted by Crippen LogP contribution is -2.37. The molecule has 0 spiro atoms. The number of hydrogen-bond donors (Lipinski definition) is 1. The number of nitrogens with zero attached hydrogens (tertiary/aromatic N) is 1. The Morgan fingerprint density at radius 3 is 2.35 bits per heavy atom. The van der Waals surface area contributed by atoms with E-state index < -0.39 is 32.7 Å². The summed E-state index contributed by atoms with van der Waals surface area (Å²) in [7, 11) is -2.96. The Kier molecular flexibility index (Phi) is 5.17. The number of benzene rings is 1. The van der Waals surface area contributed by atoms with E-state index in [0.29, 0.717) is 6.42 Å². The lowest BCUT2D eigenvalue weighted by molar-refractivity contribution is -0.139. The molecule has 1 unspecified atom stereocenters. The van der Waals surface area contributed by atoms with Gasteiger partial charge in [0.15, 0.2) is 0 Å². The van der Waals surface area contributed by atoms with Crippen LogP contribution < -0.4 is 5.73 Å². The van der Waals surface area contributed by atoms with E-state index in [-0.39, 0.29) is 6.54 Å². The topological polar surface area (TPSA) is 63.4 Å². The molecule has 0 fully saturated rings. The molecule has 0 bridgehead atoms. The molecule has 1 rings (SSSR count). The van der Waals surface area contributed by atoms with Gasteiger partial charge in [-0.1, -0.05) is 12.1 Å². The standard InChI is InChI=1S/C12H17F3N2O2S/c1-9(7-8-16)17(2)20(18,19)11-6-4-3-5-10(11)12(13,14)15/h3-6,9H,7-8,16H2,1-2H3. The minimum Gasteiger partial charge on any atom is -0.330 e. The van der Waals surface area contributed by atoms with Crippen LogP contribution in [0.4, 0.5) is 13.2 Å². The molecule has 0 amide bonds. The first kappa shape index (κ1) is 16.9. The van der Waals surface area contributed by atoms with Gasteiger partial charge in [0.2, 0.25) is 10.0 Å². The van der Waals surface area contributed by atoms with E-state index in [1.165, 1.54) is 13.1 Å². The van der Waals surface area contributed by atoms with Crippen LogP contribution in [0.15, 0.2) is 29.2 Å². The highest BCUT2D eigenvalue weighted by atomic mass is 32.2. The minimum absolute atomic E-state index is 0.252. The summed E-state index contributed by atoms with van der Waals surface area (Å²) in [5.74, 6) is 0. The first-order chi connectivity index (χ1) is 9.12. The first-order valence-electron chi connectivity index (χ1n) is 5.96. The quantitative estimate of drug-likeness (QED) is 0.905. The van der Waals surface area contributed by atoms with Crippen LogP contribution in [0.5, 0.6) is 0 Å². The summed E-state index contributed by atoms with van der Waals surface area (Å²) in [4.78, 5) is -0.737. The Hall–Kier alpha value is -1.12. The summed E-state index contributed by atoms with van der Waals surface area (Å²) in [6.45, 7) is 1.85. The molecule has 0 aliphatic heterocycles. The van der Waals surface area contributed by atoms with Gasteiger partial charge in [-0.15, -0.1) is 0 Å². The highest BCUT2D eigenvalue weighted by molar-refractivity contribution is 7.89. The van der Waals surface area contributed by atoms with Crippen molar-refractivity contribution in [2.24, 2.45) is 5.73 Å². The molecule has 114 valence electrons. The summed E-state index contributed by atoms with van der Waals surface area (Å²) < 4.78 is 64.2. The highest BCUT2D eigenvalue weighted by Gasteiger charge is 2.38. The van der Waals surface area contributed by atoms with Gasteiger partial charge in [0.1, 0.15) is 0 Å². The highest BCUT2D eigenvalue weighted by Crippen LogP contribution is 2.35. The number of rotatable bonds is 5. The molecule has 0 aliphatic rings. The van der Waals surface area contributed by atoms with Gasteiger partial charge < -0.3 is 5.73 Å². The van der Waals surface area contributed by atoms with Crippen LogP contribution >= 0.6 is 0 Å². The number of halogens is 3. The summed E-state index contributed by atoms with van der Waals surface area (Å²) in [6.07, 6.45) is -4.36. The van der Waals surface area contributed by atoms with Crippen LogP contribution in [0, 0.1) is 0 Å². The van der Waals surface area contributed by atoms with Gasteiger partial charge in [0, 0.05) is 13.1 Å². The van der Waals surface area contributed by atoms with Crippen molar-refractivity contribution in [3.8, 4) is 0 Å². The minimum atomic E-state index is -4.72. The summed E-state index contributed by atoms with van der Waals surface area (Å²) >= 11 is 0. The van der Waals surface area contributed by atoms with E-state index in [1.807, 2.05) is 0 Å². The summed E-state index contributed by atoms with van der Waals surface area (Å²) in [5, 5.41) is 0. The lowest BCUT2D eigenvalue weighted by atomic mass is 10.2. The fourth-order valence-electron chi connectivity index (χ4n) is 1.74. The van der Waals surface area contributed by atoms with E-state index in [0.717, 1.165) is 22.5 Å². The van der Waals surface area contributed by atoms with Gasteiger partial charge in [-0.3, -0.25) is 0 Å². The van der Waals surface area contributed by atoms with Gasteiger partial charge in [0.05, 0.1) is 10.5 Å². The van der Waals surface area contributed by atoms with Gasteiger partial charge in [-0.05, 0) is 32.0 Å². The van der Waals surface area contributed by atoms with E-state index in [4.69, 9.17) is 5.73 Å². The smallest absolute Gasteiger partial charge is 0.330 e. The zero-order valence-electron chi connectivity index (χ0n) is 11.2. The van der Waals surface area contributed by atoms with Crippen molar-refractivity contribution in [2.45, 2.75) is 30.5 Å². The number of sulfonamides is 1. The van der Waals surface area contributed by atoms with Crippen LogP contribution in [0.3, 0.4) is 0 Å². The molecule has 1 aromatic carbocycles. The van der Waals surface area contributed by atoms with Gasteiger partial charge in [0.25, 0.3) is 0 Å². The molecule has 1 aromatic rings. The molecule has 2 N–H and O–H groups in total. The molecule has 0 heterocycles. The Morgan fingerprint density at radius 1 is 1.30 bits per heavy atom. The molecule has 0 saturated heterocycles. The summed E-state index contributed by atoms with van der Waals surface area (Å²) in [5.41, 5.74) is 4.19. The Morgan fingerprint density at radius 2 is 1.85 bits per heavy atom. The van der Waals surface area contributed by atoms with Gasteiger partial charge in [-0.2, -0.15) is 17.5 Å². The molecule has 0 radical (unpaired) electrons. The van der Waals surface area contributed by atoms with E-state index in [9.17, 15) is 21.6 Å². The monoisotopic (exact) mass is 310 g/mol. The SMILES string of the molecule is CC(CCN)N(C)S(=O)(=O)c1ccccc1C(F)(F)F. The van der Waals surface area contributed by atoms with E-state index in [2.05, 4.69) is 0 Å². The van der Waals surface area contributed by atoms with E-state index in [1.54, 1.807) is 6.92 Å². The lowest BCUT2D eigenvalue weighted by Gasteiger charge is -2.25. The molecule has 1 atom stereocenters. The molecular weight excluding hydrogens is 293 g/mol. The second-order valence-electron chi connectivity index (χ2n) is 4.44. The Balaban J connectivity index is 3.30. The van der Waals surface area contributed by atoms with Crippen molar-refractivity contribution in [1.82, 2.24) is 4.31 Å². The third-order valence-corrected chi connectivity index (χ3v) is 5.08. The van der Waals surface area contributed by atoms with Crippen molar-refractivity contribution < 1.29 is 21.6 Å². The molecular formula is C12H17F3N2O2S. The number of hydrogen-bond acceptors (Lipinski definition) is 3. The Labute approximate surface area is 116 Å². The maximum atomic E-state index is 12.9. The average Bonchev–Trinajstić information content (AvgIpc) is 2.37. The first-order valence-corrected chi connectivity index (χ1v) is 7.40. The van der Waals surface area contributed by atoms with Crippen molar-refractivity contribution in [1.29, 1.82) is 0 Å². The predicted molar refractivity (Wildman–Crippen MR) is 69.5 cm³/mol. The summed E-state index contributed by atoms with van der Waals surface area (Å²) in [6, 6.07) is 3.67. The van der Waals surface area contributed by atoms with Gasteiger partial charge in [-0.25, -0.2) is 8.42 Å². The van der Waals surface area contributed by atoms with Crippen LogP contribution in [0.25, 0.3) is 0 Å². The van der Waals surface area contributed by atoms with E-state index >= 15 is 0 Å². The molecule has 4 nitrogen and oxygen atoms in total. The molecule has 0 aromatic heterocycles. The van der Waals surface area contributed by atoms with Crippen molar-refractivity contribution in [3.05, 3.63) is 29.8 Å².